The minimum atomic E-state index is -0.406. The zero-order chi connectivity index (χ0) is 17.8. The van der Waals surface area contributed by atoms with E-state index in [-0.39, 0.29) is 0 Å². The first kappa shape index (κ1) is 17.5. The lowest BCUT2D eigenvalue weighted by Gasteiger charge is -2.15. The first-order valence-corrected chi connectivity index (χ1v) is 8.77. The van der Waals surface area contributed by atoms with E-state index in [9.17, 15) is 4.79 Å². The van der Waals surface area contributed by atoms with Gasteiger partial charge >= 0.3 is 5.97 Å². The second kappa shape index (κ2) is 7.74. The number of hydrogen-bond donors (Lipinski definition) is 0. The van der Waals surface area contributed by atoms with Gasteiger partial charge < -0.3 is 14.2 Å². The summed E-state index contributed by atoms with van der Waals surface area (Å²) in [4.78, 5) is 11.7. The average molecular weight is 448 g/mol. The molecule has 0 amide bonds. The minimum Gasteiger partial charge on any atom is -0.493 e. The summed E-state index contributed by atoms with van der Waals surface area (Å²) in [6.45, 7) is 0.408. The maximum absolute atomic E-state index is 11.7. The molecule has 0 saturated heterocycles. The predicted molar refractivity (Wildman–Crippen MR) is 105 cm³/mol. The third-order valence-corrected chi connectivity index (χ3v) is 4.70. The zero-order valence-electron chi connectivity index (χ0n) is 13.9. The Morgan fingerprint density at radius 2 is 1.80 bits per heavy atom. The lowest BCUT2D eigenvalue weighted by Crippen LogP contribution is -2.05. The van der Waals surface area contributed by atoms with Crippen molar-refractivity contribution in [3.05, 3.63) is 69.3 Å². The van der Waals surface area contributed by atoms with E-state index in [0.717, 1.165) is 14.5 Å². The Hall–Kier alpha value is -2.28. The summed E-state index contributed by atoms with van der Waals surface area (Å²) in [5, 5.41) is 2.33. The van der Waals surface area contributed by atoms with Gasteiger partial charge in [0.15, 0.2) is 11.5 Å². The van der Waals surface area contributed by atoms with Gasteiger partial charge in [0.1, 0.15) is 6.61 Å². The molecule has 0 heterocycles. The Balaban J connectivity index is 1.91. The quantitative estimate of drug-likeness (QED) is 0.415. The summed E-state index contributed by atoms with van der Waals surface area (Å²) in [5.41, 5.74) is 1.52. The number of methoxy groups -OCH3 is 2. The number of fused-ring (bicyclic) bond motifs is 1. The zero-order valence-corrected chi connectivity index (χ0v) is 16.1. The molecule has 0 unspecified atom stereocenters. The van der Waals surface area contributed by atoms with Gasteiger partial charge in [0.25, 0.3) is 0 Å². The van der Waals surface area contributed by atoms with Crippen LogP contribution >= 0.6 is 22.6 Å². The summed E-state index contributed by atoms with van der Waals surface area (Å²) in [7, 11) is 2.91. The van der Waals surface area contributed by atoms with Crippen LogP contribution in [0.15, 0.2) is 54.6 Å². The van der Waals surface area contributed by atoms with Gasteiger partial charge in [-0.2, -0.15) is 0 Å². The molecule has 0 saturated carbocycles. The Morgan fingerprint density at radius 3 is 2.56 bits per heavy atom. The van der Waals surface area contributed by atoms with Gasteiger partial charge in [-0.15, -0.1) is 0 Å². The number of carbonyl (C=O) groups excluding carboxylic acids is 1. The second-order valence-electron chi connectivity index (χ2n) is 5.41. The van der Waals surface area contributed by atoms with Crippen molar-refractivity contribution in [1.29, 1.82) is 0 Å². The lowest BCUT2D eigenvalue weighted by atomic mass is 10.1. The highest BCUT2D eigenvalue weighted by molar-refractivity contribution is 14.1. The van der Waals surface area contributed by atoms with Gasteiger partial charge in [0, 0.05) is 0 Å². The van der Waals surface area contributed by atoms with E-state index < -0.39 is 5.97 Å². The molecule has 0 aliphatic carbocycles. The highest BCUT2D eigenvalue weighted by Crippen LogP contribution is 2.35. The molecule has 0 bridgehead atoms. The fourth-order valence-electron chi connectivity index (χ4n) is 2.66. The number of halogens is 1. The van der Waals surface area contributed by atoms with Crippen LogP contribution in [-0.2, 0) is 11.3 Å². The van der Waals surface area contributed by atoms with Crippen LogP contribution in [0.4, 0.5) is 0 Å². The molecule has 3 aromatic rings. The third-order valence-electron chi connectivity index (χ3n) is 3.90. The van der Waals surface area contributed by atoms with Gasteiger partial charge in [-0.25, -0.2) is 4.79 Å². The van der Waals surface area contributed by atoms with Gasteiger partial charge in [0.2, 0.25) is 0 Å². The molecule has 4 nitrogen and oxygen atoms in total. The first-order valence-electron chi connectivity index (χ1n) is 7.69. The maximum atomic E-state index is 11.7. The Kier molecular flexibility index (Phi) is 5.43. The van der Waals surface area contributed by atoms with Crippen molar-refractivity contribution in [3.8, 4) is 11.5 Å². The second-order valence-corrected chi connectivity index (χ2v) is 6.57. The molecule has 0 fully saturated rings. The Morgan fingerprint density at radius 1 is 1.04 bits per heavy atom. The summed E-state index contributed by atoms with van der Waals surface area (Å²) in [6.07, 6.45) is 0. The number of hydrogen-bond acceptors (Lipinski definition) is 4. The van der Waals surface area contributed by atoms with Crippen LogP contribution in [0.5, 0.6) is 11.5 Å². The lowest BCUT2D eigenvalue weighted by molar-refractivity contribution is 0.0600. The average Bonchev–Trinajstić information content (AvgIpc) is 2.65. The van der Waals surface area contributed by atoms with E-state index >= 15 is 0 Å². The highest BCUT2D eigenvalue weighted by Gasteiger charge is 2.16. The molecule has 0 N–H and O–H groups in total. The maximum Gasteiger partial charge on any atom is 0.338 e. The number of ether oxygens (including phenoxy) is 3. The molecule has 0 aromatic heterocycles. The largest absolute Gasteiger partial charge is 0.493 e. The van der Waals surface area contributed by atoms with Crippen LogP contribution in [-0.4, -0.2) is 20.2 Å². The van der Waals surface area contributed by atoms with Crippen LogP contribution in [0.2, 0.25) is 0 Å². The molecular weight excluding hydrogens is 431 g/mol. The molecule has 3 rings (SSSR count). The topological polar surface area (TPSA) is 44.8 Å². The van der Waals surface area contributed by atoms with Gasteiger partial charge in [0.05, 0.1) is 23.4 Å². The van der Waals surface area contributed by atoms with Crippen molar-refractivity contribution in [1.82, 2.24) is 0 Å². The first-order chi connectivity index (χ1) is 12.1. The van der Waals surface area contributed by atoms with Gasteiger partial charge in [-0.1, -0.05) is 42.5 Å². The van der Waals surface area contributed by atoms with Crippen LogP contribution in [0.3, 0.4) is 0 Å². The van der Waals surface area contributed by atoms with Crippen molar-refractivity contribution in [3.63, 3.8) is 0 Å². The van der Waals surface area contributed by atoms with E-state index in [4.69, 9.17) is 14.2 Å². The number of benzene rings is 3. The van der Waals surface area contributed by atoms with Crippen molar-refractivity contribution in [2.24, 2.45) is 0 Å². The Bertz CT molecular complexity index is 915. The highest BCUT2D eigenvalue weighted by atomic mass is 127. The smallest absolute Gasteiger partial charge is 0.338 e. The molecular formula is C20H17IO4. The van der Waals surface area contributed by atoms with E-state index in [1.165, 1.54) is 12.5 Å². The molecule has 5 heteroatoms. The van der Waals surface area contributed by atoms with Crippen LogP contribution in [0.1, 0.15) is 15.9 Å². The number of esters is 1. The van der Waals surface area contributed by atoms with E-state index in [0.29, 0.717) is 23.7 Å². The van der Waals surface area contributed by atoms with Crippen molar-refractivity contribution in [2.75, 3.05) is 14.2 Å². The molecule has 3 aromatic carbocycles. The third kappa shape index (κ3) is 3.71. The van der Waals surface area contributed by atoms with E-state index in [1.54, 1.807) is 19.2 Å². The molecule has 0 spiro atoms. The standard InChI is InChI=1S/C20H17IO4/c1-23-18-11-15(20(22)24-2)10-17(21)19(18)25-12-14-8-5-7-13-6-3-4-9-16(13)14/h3-11H,12H2,1-2H3. The summed E-state index contributed by atoms with van der Waals surface area (Å²) in [5.74, 6) is 0.716. The van der Waals surface area contributed by atoms with Crippen LogP contribution in [0.25, 0.3) is 10.8 Å². The summed E-state index contributed by atoms with van der Waals surface area (Å²) < 4.78 is 17.0. The van der Waals surface area contributed by atoms with Crippen LogP contribution < -0.4 is 9.47 Å². The number of rotatable bonds is 5. The van der Waals surface area contributed by atoms with Crippen molar-refractivity contribution >= 4 is 39.3 Å². The van der Waals surface area contributed by atoms with E-state index in [2.05, 4.69) is 40.8 Å². The predicted octanol–water partition coefficient (Wildman–Crippen LogP) is 4.82. The van der Waals surface area contributed by atoms with Crippen LogP contribution in [0, 0.1) is 3.57 Å². The minimum absolute atomic E-state index is 0.406. The molecule has 0 atom stereocenters. The summed E-state index contributed by atoms with van der Waals surface area (Å²) in [6, 6.07) is 17.7. The molecule has 128 valence electrons. The van der Waals surface area contributed by atoms with Gasteiger partial charge in [-0.3, -0.25) is 0 Å². The SMILES string of the molecule is COC(=O)c1cc(I)c(OCc2cccc3ccccc23)c(OC)c1. The van der Waals surface area contributed by atoms with Crippen molar-refractivity contribution < 1.29 is 19.0 Å². The molecule has 0 aliphatic heterocycles. The van der Waals surface area contributed by atoms with Gasteiger partial charge in [-0.05, 0) is 51.1 Å². The normalized spacial score (nSPS) is 10.5. The molecule has 0 radical (unpaired) electrons. The molecule has 0 aliphatic rings. The van der Waals surface area contributed by atoms with Crippen molar-refractivity contribution in [2.45, 2.75) is 6.61 Å². The summed E-state index contributed by atoms with van der Waals surface area (Å²) >= 11 is 2.13. The fourth-order valence-corrected chi connectivity index (χ4v) is 3.42. The monoisotopic (exact) mass is 448 g/mol. The number of carbonyl (C=O) groups is 1. The fraction of sp³-hybridized carbons (Fsp3) is 0.150. The molecule has 25 heavy (non-hydrogen) atoms. The van der Waals surface area contributed by atoms with E-state index in [1.807, 2.05) is 24.3 Å². The Labute approximate surface area is 159 Å².